The van der Waals surface area contributed by atoms with Gasteiger partial charge in [-0.1, -0.05) is 13.8 Å². The van der Waals surface area contributed by atoms with E-state index >= 15 is 0 Å². The van der Waals surface area contributed by atoms with Crippen LogP contribution in [-0.2, 0) is 58.3 Å². The minimum Gasteiger partial charge on any atom is -0.285 e. The largest absolute Gasteiger partial charge is 0.453 e. The highest BCUT2D eigenvalue weighted by Gasteiger charge is 2.33. The quantitative estimate of drug-likeness (QED) is 0.210. The van der Waals surface area contributed by atoms with Crippen molar-refractivity contribution in [1.29, 1.82) is 0 Å². The second kappa shape index (κ2) is 13.0. The van der Waals surface area contributed by atoms with Gasteiger partial charge in [-0.15, -0.1) is 0 Å². The molecule has 0 fully saturated rings. The molecule has 0 unspecified atom stereocenters. The Balaban J connectivity index is 4.49. The van der Waals surface area contributed by atoms with Gasteiger partial charge < -0.3 is 0 Å². The highest BCUT2D eigenvalue weighted by Crippen LogP contribution is 2.25. The van der Waals surface area contributed by atoms with E-state index in [0.717, 1.165) is 0 Å². The van der Waals surface area contributed by atoms with Crippen LogP contribution in [0.5, 0.6) is 0 Å². The second-order valence-corrected chi connectivity index (χ2v) is 10.1. The molecule has 0 aliphatic heterocycles. The number of hydrogen-bond donors (Lipinski definition) is 0. The minimum absolute atomic E-state index is 0.234. The van der Waals surface area contributed by atoms with Crippen molar-refractivity contribution in [2.45, 2.75) is 117 Å². The van der Waals surface area contributed by atoms with Crippen molar-refractivity contribution in [2.75, 3.05) is 0 Å². The van der Waals surface area contributed by atoms with Gasteiger partial charge in [0.2, 0.25) is 0 Å². The first-order valence-corrected chi connectivity index (χ1v) is 10.9. The Kier molecular flexibility index (Phi) is 12.1. The van der Waals surface area contributed by atoms with E-state index in [1.807, 2.05) is 13.8 Å². The standard InChI is InChI=1S/C22H38O12/c1-11-19(3,4)31-27-15(23)17(25)29-33-21(7,8)13-14-22(9,10)34-30-18(26)16(24)28-32-20(5,6)12-2/h11-14H2,1-10H3. The van der Waals surface area contributed by atoms with Gasteiger partial charge in [-0.3, -0.25) is 19.6 Å². The summed E-state index contributed by atoms with van der Waals surface area (Å²) in [6.07, 6.45) is 1.55. The van der Waals surface area contributed by atoms with E-state index in [0.29, 0.717) is 12.8 Å². The van der Waals surface area contributed by atoms with Crippen LogP contribution < -0.4 is 0 Å². The normalized spacial score (nSPS) is 12.6. The van der Waals surface area contributed by atoms with E-state index in [1.165, 1.54) is 0 Å². The molecule has 0 rings (SSSR count). The van der Waals surface area contributed by atoms with Crippen LogP contribution in [0.1, 0.15) is 94.9 Å². The molecule has 0 aliphatic carbocycles. The lowest BCUT2D eigenvalue weighted by molar-refractivity contribution is -0.352. The Morgan fingerprint density at radius 1 is 0.441 bits per heavy atom. The van der Waals surface area contributed by atoms with Crippen molar-refractivity contribution >= 4 is 23.9 Å². The highest BCUT2D eigenvalue weighted by atomic mass is 17.2. The Bertz CT molecular complexity index is 649. The summed E-state index contributed by atoms with van der Waals surface area (Å²) in [7, 11) is 0. The van der Waals surface area contributed by atoms with E-state index in [9.17, 15) is 19.2 Å². The van der Waals surface area contributed by atoms with Crippen LogP contribution in [0.15, 0.2) is 0 Å². The maximum atomic E-state index is 11.7. The van der Waals surface area contributed by atoms with E-state index in [-0.39, 0.29) is 12.8 Å². The molecule has 0 saturated heterocycles. The molecule has 34 heavy (non-hydrogen) atoms. The van der Waals surface area contributed by atoms with Gasteiger partial charge in [-0.05, 0) is 81.1 Å². The zero-order valence-electron chi connectivity index (χ0n) is 21.7. The van der Waals surface area contributed by atoms with Crippen LogP contribution in [0.3, 0.4) is 0 Å². The van der Waals surface area contributed by atoms with Gasteiger partial charge in [0, 0.05) is 0 Å². The average molecular weight is 495 g/mol. The smallest absolute Gasteiger partial charge is 0.285 e. The van der Waals surface area contributed by atoms with Crippen molar-refractivity contribution in [1.82, 2.24) is 0 Å². The summed E-state index contributed by atoms with van der Waals surface area (Å²) in [5.41, 5.74) is -3.63. The molecule has 0 aromatic heterocycles. The monoisotopic (exact) mass is 494 g/mol. The van der Waals surface area contributed by atoms with Crippen LogP contribution in [0.25, 0.3) is 0 Å². The first-order chi connectivity index (χ1) is 15.4. The molecule has 0 atom stereocenters. The van der Waals surface area contributed by atoms with Crippen molar-refractivity contribution in [3.63, 3.8) is 0 Å². The fourth-order valence-corrected chi connectivity index (χ4v) is 1.54. The molecule has 0 aliphatic rings. The molecule has 0 spiro atoms. The molecular weight excluding hydrogens is 456 g/mol. The molecule has 0 radical (unpaired) electrons. The lowest BCUT2D eigenvalue weighted by atomic mass is 9.94. The van der Waals surface area contributed by atoms with Crippen molar-refractivity contribution in [2.24, 2.45) is 0 Å². The lowest BCUT2D eigenvalue weighted by Crippen LogP contribution is -2.35. The van der Waals surface area contributed by atoms with Crippen molar-refractivity contribution in [3.8, 4) is 0 Å². The molecule has 12 nitrogen and oxygen atoms in total. The number of rotatable bonds is 13. The van der Waals surface area contributed by atoms with Gasteiger partial charge >= 0.3 is 23.9 Å². The van der Waals surface area contributed by atoms with Gasteiger partial charge in [0.1, 0.15) is 22.4 Å². The minimum atomic E-state index is -1.39. The van der Waals surface area contributed by atoms with Gasteiger partial charge in [0.15, 0.2) is 0 Å². The van der Waals surface area contributed by atoms with E-state index in [4.69, 9.17) is 19.6 Å². The molecule has 0 amide bonds. The molecule has 0 N–H and O–H groups in total. The van der Waals surface area contributed by atoms with Crippen molar-refractivity contribution < 1.29 is 58.3 Å². The molecule has 0 aromatic carbocycles. The Hall–Kier alpha value is -2.28. The third kappa shape index (κ3) is 13.4. The van der Waals surface area contributed by atoms with Gasteiger partial charge in [-0.25, -0.2) is 19.2 Å². The summed E-state index contributed by atoms with van der Waals surface area (Å²) in [5, 5.41) is 0. The molecule has 0 heterocycles. The first-order valence-electron chi connectivity index (χ1n) is 10.9. The summed E-state index contributed by atoms with van der Waals surface area (Å²) in [6.45, 7) is 16.7. The molecule has 198 valence electrons. The van der Waals surface area contributed by atoms with Crippen LogP contribution in [-0.4, -0.2) is 46.3 Å². The SMILES string of the molecule is CCC(C)(C)OOC(=O)C(=O)OOC(C)(C)CCC(C)(C)OOC(=O)C(=O)OOC(C)(C)CC. The third-order valence-corrected chi connectivity index (χ3v) is 4.74. The van der Waals surface area contributed by atoms with Crippen LogP contribution in [0.4, 0.5) is 0 Å². The third-order valence-electron chi connectivity index (χ3n) is 4.74. The zero-order chi connectivity index (χ0) is 26.8. The zero-order valence-corrected chi connectivity index (χ0v) is 21.7. The predicted molar refractivity (Wildman–Crippen MR) is 115 cm³/mol. The van der Waals surface area contributed by atoms with Crippen LogP contribution in [0, 0.1) is 0 Å². The van der Waals surface area contributed by atoms with E-state index in [2.05, 4.69) is 19.6 Å². The van der Waals surface area contributed by atoms with Crippen LogP contribution in [0.2, 0.25) is 0 Å². The maximum absolute atomic E-state index is 11.7. The van der Waals surface area contributed by atoms with Gasteiger partial charge in [0.25, 0.3) is 0 Å². The summed E-state index contributed by atoms with van der Waals surface area (Å²) in [5.74, 6) is -5.52. The number of hydrogen-bond acceptors (Lipinski definition) is 12. The van der Waals surface area contributed by atoms with Gasteiger partial charge in [0.05, 0.1) is 0 Å². The summed E-state index contributed by atoms with van der Waals surface area (Å²) in [6, 6.07) is 0. The highest BCUT2D eigenvalue weighted by molar-refractivity contribution is 6.29. The average Bonchev–Trinajstić information content (AvgIpc) is 2.76. The topological polar surface area (TPSA) is 142 Å². The Labute approximate surface area is 200 Å². The Morgan fingerprint density at radius 3 is 0.853 bits per heavy atom. The second-order valence-electron chi connectivity index (χ2n) is 10.1. The van der Waals surface area contributed by atoms with Gasteiger partial charge in [-0.2, -0.15) is 19.6 Å². The fourth-order valence-electron chi connectivity index (χ4n) is 1.54. The summed E-state index contributed by atoms with van der Waals surface area (Å²) < 4.78 is 0. The number of carbonyl (C=O) groups excluding carboxylic acids is 4. The summed E-state index contributed by atoms with van der Waals surface area (Å²) >= 11 is 0. The summed E-state index contributed by atoms with van der Waals surface area (Å²) in [4.78, 5) is 84.6. The van der Waals surface area contributed by atoms with E-state index < -0.39 is 46.3 Å². The fraction of sp³-hybridized carbons (Fsp3) is 0.818. The molecule has 12 heteroatoms. The first kappa shape index (κ1) is 31.7. The molecule has 0 aromatic rings. The lowest BCUT2D eigenvalue weighted by Gasteiger charge is -2.28. The predicted octanol–water partition coefficient (Wildman–Crippen LogP) is 3.60. The van der Waals surface area contributed by atoms with Crippen molar-refractivity contribution in [3.05, 3.63) is 0 Å². The van der Waals surface area contributed by atoms with E-state index in [1.54, 1.807) is 55.4 Å². The Morgan fingerprint density at radius 2 is 0.647 bits per heavy atom. The molecule has 0 bridgehead atoms. The molecule has 0 saturated carbocycles. The number of carbonyl (C=O) groups is 4. The maximum Gasteiger partial charge on any atom is 0.453 e. The van der Waals surface area contributed by atoms with Crippen LogP contribution >= 0.6 is 0 Å². The molecular formula is C22H38O12.